The molecule has 1 aliphatic rings. The van der Waals surface area contributed by atoms with Gasteiger partial charge in [-0.2, -0.15) is 0 Å². The van der Waals surface area contributed by atoms with E-state index >= 15 is 0 Å². The summed E-state index contributed by atoms with van der Waals surface area (Å²) in [5.74, 6) is -0.262. The van der Waals surface area contributed by atoms with E-state index in [-0.39, 0.29) is 11.8 Å². The number of rotatable bonds is 3. The van der Waals surface area contributed by atoms with Crippen LogP contribution >= 0.6 is 11.6 Å². The number of hydrogen-bond acceptors (Lipinski definition) is 2. The summed E-state index contributed by atoms with van der Waals surface area (Å²) in [6, 6.07) is 0. The Morgan fingerprint density at radius 1 is 1.42 bits per heavy atom. The lowest BCUT2D eigenvalue weighted by Crippen LogP contribution is -2.35. The van der Waals surface area contributed by atoms with Crippen LogP contribution in [0.15, 0.2) is 0 Å². The molecule has 2 amide bonds. The Kier molecular flexibility index (Phi) is 3.09. The van der Waals surface area contributed by atoms with E-state index in [0.717, 1.165) is 6.42 Å². The highest BCUT2D eigenvalue weighted by Gasteiger charge is 2.33. The van der Waals surface area contributed by atoms with Crippen molar-refractivity contribution in [1.29, 1.82) is 0 Å². The molecule has 1 aliphatic heterocycles. The molecule has 3 nitrogen and oxygen atoms in total. The first kappa shape index (κ1) is 9.52. The van der Waals surface area contributed by atoms with E-state index in [4.69, 9.17) is 11.6 Å². The van der Waals surface area contributed by atoms with Crippen molar-refractivity contribution in [3.05, 3.63) is 0 Å². The second kappa shape index (κ2) is 3.90. The molecular formula is C8H12ClNO2. The largest absolute Gasteiger partial charge is 0.274 e. The fraction of sp³-hybridized carbons (Fsp3) is 0.750. The lowest BCUT2D eigenvalue weighted by molar-refractivity contribution is -0.139. The fourth-order valence-corrected chi connectivity index (χ4v) is 1.71. The summed E-state index contributed by atoms with van der Waals surface area (Å²) in [4.78, 5) is 23.4. The number of imide groups is 1. The average molecular weight is 190 g/mol. The third-order valence-corrected chi connectivity index (χ3v) is 2.31. The lowest BCUT2D eigenvalue weighted by Gasteiger charge is -2.19. The van der Waals surface area contributed by atoms with Gasteiger partial charge in [-0.25, -0.2) is 0 Å². The molecule has 0 aromatic rings. The molecule has 0 aliphatic carbocycles. The molecule has 1 heterocycles. The van der Waals surface area contributed by atoms with Gasteiger partial charge < -0.3 is 0 Å². The molecule has 0 aromatic carbocycles. The fourth-order valence-electron chi connectivity index (χ4n) is 1.27. The van der Waals surface area contributed by atoms with E-state index in [1.165, 1.54) is 4.90 Å². The standard InChI is InChI=1S/C8H12ClNO2/c1-2-3-6(9)10-7(11)4-5-8(10)12/h6H,2-5H2,1H3. The van der Waals surface area contributed by atoms with E-state index < -0.39 is 5.50 Å². The van der Waals surface area contributed by atoms with Crippen LogP contribution in [0, 0.1) is 0 Å². The Hall–Kier alpha value is -0.570. The summed E-state index contributed by atoms with van der Waals surface area (Å²) < 4.78 is 0. The van der Waals surface area contributed by atoms with Crippen LogP contribution in [0.4, 0.5) is 0 Å². The second-order valence-corrected chi connectivity index (χ2v) is 3.38. The monoisotopic (exact) mass is 189 g/mol. The van der Waals surface area contributed by atoms with Gasteiger partial charge in [-0.1, -0.05) is 24.9 Å². The van der Waals surface area contributed by atoms with Crippen molar-refractivity contribution < 1.29 is 9.59 Å². The van der Waals surface area contributed by atoms with Crippen LogP contribution < -0.4 is 0 Å². The van der Waals surface area contributed by atoms with Crippen molar-refractivity contribution >= 4 is 23.4 Å². The summed E-state index contributed by atoms with van der Waals surface area (Å²) in [5, 5.41) is 0. The van der Waals surface area contributed by atoms with E-state index in [2.05, 4.69) is 0 Å². The first-order valence-corrected chi connectivity index (χ1v) is 4.59. The van der Waals surface area contributed by atoms with Crippen molar-refractivity contribution in [3.63, 3.8) is 0 Å². The molecule has 4 heteroatoms. The molecule has 0 saturated carbocycles. The summed E-state index contributed by atoms with van der Waals surface area (Å²) in [7, 11) is 0. The number of halogens is 1. The van der Waals surface area contributed by atoms with E-state index in [0.29, 0.717) is 19.3 Å². The molecule has 1 fully saturated rings. The topological polar surface area (TPSA) is 37.4 Å². The van der Waals surface area contributed by atoms with Crippen LogP contribution in [0.5, 0.6) is 0 Å². The van der Waals surface area contributed by atoms with Crippen LogP contribution in [0.25, 0.3) is 0 Å². The van der Waals surface area contributed by atoms with Crippen LogP contribution in [-0.2, 0) is 9.59 Å². The quantitative estimate of drug-likeness (QED) is 0.383. The molecule has 1 atom stereocenters. The molecule has 0 spiro atoms. The number of likely N-dealkylation sites (tertiary alicyclic amines) is 1. The highest BCUT2D eigenvalue weighted by molar-refractivity contribution is 6.23. The Morgan fingerprint density at radius 2 is 1.92 bits per heavy atom. The molecule has 0 bridgehead atoms. The first-order valence-electron chi connectivity index (χ1n) is 4.15. The van der Waals surface area contributed by atoms with Crippen molar-refractivity contribution in [3.8, 4) is 0 Å². The van der Waals surface area contributed by atoms with Gasteiger partial charge in [0.15, 0.2) is 0 Å². The van der Waals surface area contributed by atoms with Crippen LogP contribution in [-0.4, -0.2) is 22.2 Å². The summed E-state index contributed by atoms with van der Waals surface area (Å²) in [6.07, 6.45) is 2.21. The van der Waals surface area contributed by atoms with E-state index in [1.807, 2.05) is 6.92 Å². The van der Waals surface area contributed by atoms with Gasteiger partial charge in [0, 0.05) is 12.8 Å². The highest BCUT2D eigenvalue weighted by Crippen LogP contribution is 2.20. The highest BCUT2D eigenvalue weighted by atomic mass is 35.5. The number of alkyl halides is 1. The van der Waals surface area contributed by atoms with Gasteiger partial charge in [-0.3, -0.25) is 14.5 Å². The van der Waals surface area contributed by atoms with Crippen molar-refractivity contribution in [2.24, 2.45) is 0 Å². The van der Waals surface area contributed by atoms with Crippen LogP contribution in [0.2, 0.25) is 0 Å². The molecule has 68 valence electrons. The van der Waals surface area contributed by atoms with Gasteiger partial charge in [-0.15, -0.1) is 0 Å². The SMILES string of the molecule is CCCC(Cl)N1C(=O)CCC1=O. The van der Waals surface area contributed by atoms with Crippen LogP contribution in [0.1, 0.15) is 32.6 Å². The van der Waals surface area contributed by atoms with Crippen LogP contribution in [0.3, 0.4) is 0 Å². The maximum atomic E-state index is 11.1. The molecule has 1 unspecified atom stereocenters. The smallest absolute Gasteiger partial charge is 0.230 e. The van der Waals surface area contributed by atoms with E-state index in [1.54, 1.807) is 0 Å². The van der Waals surface area contributed by atoms with Gasteiger partial charge in [-0.05, 0) is 6.42 Å². The van der Waals surface area contributed by atoms with Gasteiger partial charge in [0.25, 0.3) is 0 Å². The zero-order valence-corrected chi connectivity index (χ0v) is 7.80. The maximum absolute atomic E-state index is 11.1. The minimum Gasteiger partial charge on any atom is -0.274 e. The van der Waals surface area contributed by atoms with Gasteiger partial charge in [0.2, 0.25) is 11.8 Å². The number of carbonyl (C=O) groups excluding carboxylic acids is 2. The second-order valence-electron chi connectivity index (χ2n) is 2.88. The van der Waals surface area contributed by atoms with Crippen molar-refractivity contribution in [2.45, 2.75) is 38.1 Å². The predicted molar refractivity (Wildman–Crippen MR) is 45.6 cm³/mol. The zero-order chi connectivity index (χ0) is 9.14. The van der Waals surface area contributed by atoms with Gasteiger partial charge >= 0.3 is 0 Å². The Balaban J connectivity index is 2.59. The minimum atomic E-state index is -0.433. The van der Waals surface area contributed by atoms with Crippen molar-refractivity contribution in [1.82, 2.24) is 4.90 Å². The number of amides is 2. The Labute approximate surface area is 76.7 Å². The first-order chi connectivity index (χ1) is 5.66. The number of hydrogen-bond donors (Lipinski definition) is 0. The molecule has 0 radical (unpaired) electrons. The molecule has 12 heavy (non-hydrogen) atoms. The van der Waals surface area contributed by atoms with E-state index in [9.17, 15) is 9.59 Å². The normalized spacial score (nSPS) is 20.3. The summed E-state index contributed by atoms with van der Waals surface area (Å²) in [5.41, 5.74) is -0.433. The molecule has 0 aromatic heterocycles. The Bertz CT molecular complexity index is 189. The predicted octanol–water partition coefficient (Wildman–Crippen LogP) is 1.50. The van der Waals surface area contributed by atoms with Gasteiger partial charge in [0.1, 0.15) is 5.50 Å². The minimum absolute atomic E-state index is 0.131. The number of nitrogens with zero attached hydrogens (tertiary/aromatic N) is 1. The molecule has 1 rings (SSSR count). The zero-order valence-electron chi connectivity index (χ0n) is 7.05. The molecule has 0 N–H and O–H groups in total. The third kappa shape index (κ3) is 1.78. The molecule has 1 saturated heterocycles. The molecular weight excluding hydrogens is 178 g/mol. The summed E-state index contributed by atoms with van der Waals surface area (Å²) in [6.45, 7) is 1.97. The Morgan fingerprint density at radius 3 is 2.33 bits per heavy atom. The van der Waals surface area contributed by atoms with Gasteiger partial charge in [0.05, 0.1) is 0 Å². The summed E-state index contributed by atoms with van der Waals surface area (Å²) >= 11 is 5.86. The average Bonchev–Trinajstić information content (AvgIpc) is 2.32. The lowest BCUT2D eigenvalue weighted by atomic mass is 10.3. The maximum Gasteiger partial charge on any atom is 0.230 e. The van der Waals surface area contributed by atoms with Crippen molar-refractivity contribution in [2.75, 3.05) is 0 Å². The third-order valence-electron chi connectivity index (χ3n) is 1.90. The number of carbonyl (C=O) groups is 2.